The maximum Gasteiger partial charge on any atom is 0.272 e. The summed E-state index contributed by atoms with van der Waals surface area (Å²) in [4.78, 5) is 14.1. The number of para-hydroxylation sites is 1. The number of amides is 1. The smallest absolute Gasteiger partial charge is 0.272 e. The molecule has 6 heteroatoms. The van der Waals surface area contributed by atoms with Gasteiger partial charge in [-0.05, 0) is 29.8 Å². The minimum atomic E-state index is -0.388. The van der Waals surface area contributed by atoms with Crippen molar-refractivity contribution in [3.8, 4) is 17.0 Å². The van der Waals surface area contributed by atoms with Gasteiger partial charge in [-0.2, -0.15) is 5.10 Å². The van der Waals surface area contributed by atoms with Crippen LogP contribution in [0.1, 0.15) is 27.7 Å². The van der Waals surface area contributed by atoms with Crippen LogP contribution in [0.2, 0.25) is 0 Å². The van der Waals surface area contributed by atoms with E-state index in [1.165, 1.54) is 12.1 Å². The quantitative estimate of drug-likeness (QED) is 0.761. The van der Waals surface area contributed by atoms with Crippen molar-refractivity contribution in [3.63, 3.8) is 0 Å². The van der Waals surface area contributed by atoms with E-state index in [1.54, 1.807) is 48.3 Å². The molecule has 0 fully saturated rings. The fourth-order valence-corrected chi connectivity index (χ4v) is 3.18. The first-order valence-corrected chi connectivity index (χ1v) is 7.47. The van der Waals surface area contributed by atoms with E-state index in [-0.39, 0.29) is 23.5 Å². The molecule has 1 aliphatic rings. The molecule has 4 rings (SSSR count). The minimum Gasteiger partial charge on any atom is -0.507 e. The summed E-state index contributed by atoms with van der Waals surface area (Å²) in [5.41, 5.74) is 2.94. The Morgan fingerprint density at radius 1 is 1.17 bits per heavy atom. The van der Waals surface area contributed by atoms with Gasteiger partial charge >= 0.3 is 0 Å². The van der Waals surface area contributed by atoms with E-state index in [1.807, 2.05) is 0 Å². The van der Waals surface area contributed by atoms with Crippen LogP contribution >= 0.6 is 0 Å². The second kappa shape index (κ2) is 5.19. The monoisotopic (exact) mass is 323 g/mol. The number of carbonyl (C=O) groups is 1. The Morgan fingerprint density at radius 3 is 2.58 bits per heavy atom. The number of nitrogens with zero attached hydrogens (tertiary/aromatic N) is 2. The first-order chi connectivity index (χ1) is 11.6. The maximum atomic E-state index is 13.2. The normalized spacial score (nSPS) is 16.5. The zero-order valence-corrected chi connectivity index (χ0v) is 12.8. The van der Waals surface area contributed by atoms with Crippen LogP contribution in [0.25, 0.3) is 11.3 Å². The molecule has 2 N–H and O–H groups in total. The zero-order chi connectivity index (χ0) is 16.8. The van der Waals surface area contributed by atoms with Gasteiger partial charge in [0.2, 0.25) is 0 Å². The third-order valence-electron chi connectivity index (χ3n) is 4.34. The first-order valence-electron chi connectivity index (χ1n) is 7.47. The number of rotatable bonds is 2. The number of hydrogen-bond acceptors (Lipinski definition) is 3. The molecule has 0 radical (unpaired) electrons. The molecule has 0 aliphatic carbocycles. The maximum absolute atomic E-state index is 13.2. The summed E-state index contributed by atoms with van der Waals surface area (Å²) >= 11 is 0. The highest BCUT2D eigenvalue weighted by atomic mass is 19.1. The lowest BCUT2D eigenvalue weighted by atomic mass is 9.96. The van der Waals surface area contributed by atoms with E-state index < -0.39 is 0 Å². The molecule has 5 nitrogen and oxygen atoms in total. The molecular formula is C18H14FN3O2. The number of fused-ring (bicyclic) bond motifs is 1. The third kappa shape index (κ3) is 2.00. The van der Waals surface area contributed by atoms with Gasteiger partial charge in [-0.15, -0.1) is 0 Å². The van der Waals surface area contributed by atoms with Crippen molar-refractivity contribution < 1.29 is 14.3 Å². The van der Waals surface area contributed by atoms with Gasteiger partial charge in [0.25, 0.3) is 5.91 Å². The second-order valence-electron chi connectivity index (χ2n) is 5.75. The molecule has 3 aromatic rings. The summed E-state index contributed by atoms with van der Waals surface area (Å²) < 4.78 is 13.2. The molecule has 120 valence electrons. The lowest BCUT2D eigenvalue weighted by Gasteiger charge is -2.22. The second-order valence-corrected chi connectivity index (χ2v) is 5.75. The van der Waals surface area contributed by atoms with E-state index in [2.05, 4.69) is 10.2 Å². The molecule has 0 saturated heterocycles. The van der Waals surface area contributed by atoms with Crippen LogP contribution in [0.3, 0.4) is 0 Å². The number of carbonyl (C=O) groups excluding carboxylic acids is 1. The van der Waals surface area contributed by atoms with E-state index in [4.69, 9.17) is 0 Å². The number of phenolic OH excluding ortho intramolecular Hbond substituents is 1. The Kier molecular flexibility index (Phi) is 3.13. The van der Waals surface area contributed by atoms with E-state index >= 15 is 0 Å². The molecule has 1 amide bonds. The molecule has 0 saturated carbocycles. The van der Waals surface area contributed by atoms with Crippen LogP contribution in [0.15, 0.2) is 48.5 Å². The highest BCUT2D eigenvalue weighted by Crippen LogP contribution is 2.43. The van der Waals surface area contributed by atoms with Crippen molar-refractivity contribution in [3.05, 3.63) is 71.2 Å². The molecule has 0 spiro atoms. The van der Waals surface area contributed by atoms with Gasteiger partial charge in [0.1, 0.15) is 23.0 Å². The highest BCUT2D eigenvalue weighted by Gasteiger charge is 2.40. The van der Waals surface area contributed by atoms with Gasteiger partial charge in [-0.1, -0.05) is 24.3 Å². The number of aromatic nitrogens is 2. The van der Waals surface area contributed by atoms with E-state index in [0.717, 1.165) is 5.56 Å². The van der Waals surface area contributed by atoms with Gasteiger partial charge in [-0.25, -0.2) is 4.39 Å². The Morgan fingerprint density at radius 2 is 1.88 bits per heavy atom. The van der Waals surface area contributed by atoms with Gasteiger partial charge in [0.05, 0.1) is 6.04 Å². The predicted octanol–water partition coefficient (Wildman–Crippen LogP) is 3.10. The average Bonchev–Trinajstić information content (AvgIpc) is 3.10. The number of aromatic hydroxyl groups is 1. The van der Waals surface area contributed by atoms with Crippen molar-refractivity contribution in [2.24, 2.45) is 0 Å². The van der Waals surface area contributed by atoms with Crippen molar-refractivity contribution in [1.82, 2.24) is 15.1 Å². The Labute approximate surface area is 137 Å². The topological polar surface area (TPSA) is 69.2 Å². The standard InChI is InChI=1S/C18H14FN3O2/c1-22-17(10-6-8-11(19)9-7-10)14-15(20-21-16(14)18(22)24)12-4-2-3-5-13(12)23/h2-9,17,23H,1H3,(H,20,21)/t17-/m0/s1. The van der Waals surface area contributed by atoms with Gasteiger partial charge < -0.3 is 10.0 Å². The molecule has 1 atom stereocenters. The summed E-state index contributed by atoms with van der Waals surface area (Å²) in [7, 11) is 1.69. The summed E-state index contributed by atoms with van der Waals surface area (Å²) in [5, 5.41) is 17.2. The lowest BCUT2D eigenvalue weighted by molar-refractivity contribution is 0.0788. The first kappa shape index (κ1) is 14.4. The summed E-state index contributed by atoms with van der Waals surface area (Å²) in [6, 6.07) is 12.5. The number of phenols is 1. The number of nitrogens with one attached hydrogen (secondary N) is 1. The highest BCUT2D eigenvalue weighted by molar-refractivity contribution is 6.00. The van der Waals surface area contributed by atoms with Crippen molar-refractivity contribution in [1.29, 1.82) is 0 Å². The number of aromatic amines is 1. The van der Waals surface area contributed by atoms with Crippen molar-refractivity contribution >= 4 is 5.91 Å². The number of halogens is 1. The van der Waals surface area contributed by atoms with Crippen LogP contribution < -0.4 is 0 Å². The molecule has 1 aromatic heterocycles. The van der Waals surface area contributed by atoms with Crippen LogP contribution in [0, 0.1) is 5.82 Å². The minimum absolute atomic E-state index is 0.0895. The molecule has 1 aliphatic heterocycles. The molecule has 0 unspecified atom stereocenters. The summed E-state index contributed by atoms with van der Waals surface area (Å²) in [6.45, 7) is 0. The molecule has 24 heavy (non-hydrogen) atoms. The van der Waals surface area contributed by atoms with Gasteiger partial charge in [0.15, 0.2) is 0 Å². The van der Waals surface area contributed by atoms with Gasteiger partial charge in [0, 0.05) is 18.2 Å². The van der Waals surface area contributed by atoms with Crippen LogP contribution in [0.5, 0.6) is 5.75 Å². The molecule has 2 heterocycles. The largest absolute Gasteiger partial charge is 0.507 e. The van der Waals surface area contributed by atoms with Crippen molar-refractivity contribution in [2.45, 2.75) is 6.04 Å². The number of H-pyrrole nitrogens is 1. The van der Waals surface area contributed by atoms with Crippen LogP contribution in [0.4, 0.5) is 4.39 Å². The predicted molar refractivity (Wildman–Crippen MR) is 86.0 cm³/mol. The van der Waals surface area contributed by atoms with Crippen LogP contribution in [-0.2, 0) is 0 Å². The fourth-order valence-electron chi connectivity index (χ4n) is 3.18. The SMILES string of the molecule is CN1C(=O)c2[nH]nc(-c3ccccc3O)c2[C@@H]1c1ccc(F)cc1. The van der Waals surface area contributed by atoms with Crippen molar-refractivity contribution in [2.75, 3.05) is 7.05 Å². The molecule has 2 aromatic carbocycles. The Balaban J connectivity index is 1.92. The Bertz CT molecular complexity index is 934. The average molecular weight is 323 g/mol. The number of hydrogen-bond donors (Lipinski definition) is 2. The fraction of sp³-hybridized carbons (Fsp3) is 0.111. The lowest BCUT2D eigenvalue weighted by Crippen LogP contribution is -2.24. The van der Waals surface area contributed by atoms with Gasteiger partial charge in [-0.3, -0.25) is 9.89 Å². The van der Waals surface area contributed by atoms with E-state index in [9.17, 15) is 14.3 Å². The molecular weight excluding hydrogens is 309 g/mol. The summed E-state index contributed by atoms with van der Waals surface area (Å²) in [6.07, 6.45) is 0. The Hall–Kier alpha value is -3.15. The number of benzene rings is 2. The van der Waals surface area contributed by atoms with Crippen LogP contribution in [-0.4, -0.2) is 33.2 Å². The summed E-state index contributed by atoms with van der Waals surface area (Å²) in [5.74, 6) is -0.431. The van der Waals surface area contributed by atoms with E-state index in [0.29, 0.717) is 22.5 Å². The zero-order valence-electron chi connectivity index (χ0n) is 12.8. The molecule has 0 bridgehead atoms. The third-order valence-corrected chi connectivity index (χ3v) is 4.34.